The van der Waals surface area contributed by atoms with Gasteiger partial charge in [-0.3, -0.25) is 29.3 Å². The third kappa shape index (κ3) is 15.9. The fourth-order valence-electron chi connectivity index (χ4n) is 10.5. The maximum Gasteiger partial charge on any atom is 0.409 e. The van der Waals surface area contributed by atoms with Crippen molar-refractivity contribution < 1.29 is 81.8 Å². The van der Waals surface area contributed by atoms with Crippen molar-refractivity contribution in [1.82, 2.24) is 20.7 Å². The van der Waals surface area contributed by atoms with Crippen molar-refractivity contribution in [2.45, 2.75) is 165 Å². The summed E-state index contributed by atoms with van der Waals surface area (Å²) in [4.78, 5) is 112. The SMILES string of the molecule is COc1cc2cc(c1Cl)N(C)C(=O)C[C@H](OC(=O)[C@H](C)N(C)C(=O)CCSSC(C)(C)CC(=O)N/N=C1\CCCc3cc(OCCCC(=O)ON4C(=O)CCC4=O)cc(O)c31)[C@]1(C)O[C@H]1[C@H](C)[C@@H]1C[C@@](O)(NC(=O)O1)[C@H](OC)/C=C/C=C(\C)C2. The number of nitrogens with one attached hydrogen (secondary N) is 2. The van der Waals surface area contributed by atoms with Gasteiger partial charge in [-0.05, 0) is 96.0 Å². The van der Waals surface area contributed by atoms with Crippen LogP contribution < -0.4 is 25.1 Å². The van der Waals surface area contributed by atoms with E-state index >= 15 is 0 Å². The second kappa shape index (κ2) is 27.8. The molecule has 0 spiro atoms. The zero-order valence-electron chi connectivity index (χ0n) is 48.9. The molecule has 0 radical (unpaired) electrons. The quantitative estimate of drug-likeness (QED) is 0.0281. The predicted molar refractivity (Wildman–Crippen MR) is 312 cm³/mol. The van der Waals surface area contributed by atoms with E-state index in [1.165, 1.54) is 65.6 Å². The molecule has 4 N–H and O–H groups in total. The number of esters is 1. The van der Waals surface area contributed by atoms with E-state index in [0.717, 1.165) is 16.7 Å². The highest BCUT2D eigenvalue weighted by Gasteiger charge is 2.64. The molecule has 0 saturated carbocycles. The van der Waals surface area contributed by atoms with E-state index in [-0.39, 0.29) is 80.6 Å². The molecule has 2 aromatic rings. The van der Waals surface area contributed by atoms with Gasteiger partial charge in [0.1, 0.15) is 52.2 Å². The molecule has 4 bridgehead atoms. The van der Waals surface area contributed by atoms with Crippen LogP contribution in [0.5, 0.6) is 17.2 Å². The molecule has 0 unspecified atom stereocenters. The number of halogens is 1. The molecule has 3 fully saturated rings. The largest absolute Gasteiger partial charge is 0.507 e. The summed E-state index contributed by atoms with van der Waals surface area (Å²) in [6.07, 6.45) is 2.45. The summed E-state index contributed by atoms with van der Waals surface area (Å²) in [5, 5.41) is 30.5. The average Bonchev–Trinajstić information content (AvgIpc) is 3.64. The number of aromatic hydroxyl groups is 1. The smallest absolute Gasteiger partial charge is 0.409 e. The predicted octanol–water partition coefficient (Wildman–Crippen LogP) is 6.78. The summed E-state index contributed by atoms with van der Waals surface area (Å²) in [5.41, 5.74) is 3.23. The molecule has 23 nitrogen and oxygen atoms in total. The molecule has 3 saturated heterocycles. The van der Waals surface area contributed by atoms with E-state index in [1.807, 2.05) is 26.8 Å². The van der Waals surface area contributed by atoms with Gasteiger partial charge < -0.3 is 53.3 Å². The first-order chi connectivity index (χ1) is 39.7. The maximum atomic E-state index is 14.4. The molecule has 2 aromatic carbocycles. The number of rotatable bonds is 19. The number of alkyl carbamates (subject to hydrolysis) is 1. The number of imide groups is 1. The number of anilines is 1. The summed E-state index contributed by atoms with van der Waals surface area (Å²) >= 11 is 6.84. The average molecular weight is 1230 g/mol. The number of hydrogen-bond acceptors (Lipinski definition) is 20. The number of fused-ring (bicyclic) bond motifs is 6. The van der Waals surface area contributed by atoms with Crippen molar-refractivity contribution in [3.05, 3.63) is 69.8 Å². The first-order valence-corrected chi connectivity index (χ1v) is 30.4. The van der Waals surface area contributed by atoms with Crippen molar-refractivity contribution in [2.75, 3.05) is 45.6 Å². The summed E-state index contributed by atoms with van der Waals surface area (Å²) in [5.74, 6) is -3.52. The minimum Gasteiger partial charge on any atom is -0.507 e. The minimum atomic E-state index is -1.88. The standard InChI is InChI=1S/C58H75ClN6O17S2/c1-32-14-11-17-43(77-10)58(75)30-42(79-55(74)60-58)33(2)53-57(6,81-53)44(29-49(71)64(8)39-25-35(24-32)26-41(76-9)52(39)59)80-54(73)34(3)63(7)46(68)21-23-83-84-56(4,5)31-45(67)62-61-38-16-12-15-36-27-37(28-40(66)51(36)38)78-22-13-18-50(72)82-65-47(69)19-20-48(65)70/h11,14,17,25-28,33-34,42-44,53,66,75H,12-13,15-16,18-24,29-31H2,1-10H3,(H,60,74)(H,62,67)/b17-11+,32-14+,61-38+/t33-,34+,42+,43-,44+,53+,57+,58+/m1/s1. The number of aliphatic hydroxyl groups is 1. The molecular weight excluding hydrogens is 1150 g/mol. The van der Waals surface area contributed by atoms with Crippen LogP contribution in [0.1, 0.15) is 122 Å². The van der Waals surface area contributed by atoms with Crippen LogP contribution in [-0.4, -0.2) is 161 Å². The van der Waals surface area contributed by atoms with Gasteiger partial charge in [-0.15, -0.1) is 5.06 Å². The van der Waals surface area contributed by atoms with Crippen LogP contribution in [0.3, 0.4) is 0 Å². The van der Waals surface area contributed by atoms with Gasteiger partial charge in [0.2, 0.25) is 17.7 Å². The Kier molecular flexibility index (Phi) is 21.5. The van der Waals surface area contributed by atoms with Gasteiger partial charge in [0.15, 0.2) is 5.72 Å². The number of ether oxygens (including phenoxy) is 6. The van der Waals surface area contributed by atoms with Crippen molar-refractivity contribution >= 4 is 92.2 Å². The first-order valence-electron chi connectivity index (χ1n) is 27.7. The van der Waals surface area contributed by atoms with E-state index in [0.29, 0.717) is 65.0 Å². The van der Waals surface area contributed by atoms with Gasteiger partial charge in [0.05, 0.1) is 44.1 Å². The zero-order chi connectivity index (χ0) is 61.4. The normalized spacial score (nSPS) is 26.4. The highest BCUT2D eigenvalue weighted by atomic mass is 35.5. The number of hydrogen-bond donors (Lipinski definition) is 4. The second-order valence-electron chi connectivity index (χ2n) is 22.4. The topological polar surface area (TPSA) is 291 Å². The number of amides is 6. The summed E-state index contributed by atoms with van der Waals surface area (Å²) in [6.45, 7) is 10.8. The number of carbonyl (C=O) groups is 8. The molecule has 4 heterocycles. The summed E-state index contributed by atoms with van der Waals surface area (Å²) < 4.78 is 34.7. The van der Waals surface area contributed by atoms with Crippen molar-refractivity contribution in [3.63, 3.8) is 0 Å². The molecule has 458 valence electrons. The lowest BCUT2D eigenvalue weighted by Crippen LogP contribution is -2.63. The van der Waals surface area contributed by atoms with Gasteiger partial charge in [0, 0.05) is 81.4 Å². The minimum absolute atomic E-state index is 0.000201. The van der Waals surface area contributed by atoms with Crippen molar-refractivity contribution in [3.8, 4) is 17.2 Å². The van der Waals surface area contributed by atoms with Gasteiger partial charge in [-0.2, -0.15) is 5.10 Å². The fraction of sp³-hybridized carbons (Fsp3) is 0.569. The molecule has 8 atom stereocenters. The van der Waals surface area contributed by atoms with E-state index in [9.17, 15) is 48.6 Å². The van der Waals surface area contributed by atoms with Crippen LogP contribution in [-0.2, 0) is 70.2 Å². The number of phenols is 1. The number of nitrogens with zero attached hydrogens (tertiary/aromatic N) is 4. The van der Waals surface area contributed by atoms with Crippen molar-refractivity contribution in [2.24, 2.45) is 11.0 Å². The Balaban J connectivity index is 0.932. The molecule has 7 rings (SSSR count). The van der Waals surface area contributed by atoms with Crippen molar-refractivity contribution in [1.29, 1.82) is 0 Å². The molecule has 1 aliphatic carbocycles. The number of hydroxylamine groups is 2. The molecule has 4 aliphatic heterocycles. The third-order valence-corrected chi connectivity index (χ3v) is 19.1. The number of carbonyl (C=O) groups excluding carboxylic acids is 8. The number of likely N-dealkylation sites (N-methyl/N-ethyl adjacent to an activating group) is 1. The number of allylic oxidation sites excluding steroid dienone is 3. The van der Waals surface area contributed by atoms with Crippen LogP contribution in [0.4, 0.5) is 10.5 Å². The molecule has 84 heavy (non-hydrogen) atoms. The maximum absolute atomic E-state index is 14.4. The lowest BCUT2D eigenvalue weighted by molar-refractivity contribution is -0.197. The Morgan fingerprint density at radius 2 is 1.77 bits per heavy atom. The third-order valence-electron chi connectivity index (χ3n) is 15.4. The molecule has 5 aliphatic rings. The second-order valence-corrected chi connectivity index (χ2v) is 25.9. The van der Waals surface area contributed by atoms with E-state index in [4.69, 9.17) is 44.9 Å². The lowest BCUT2D eigenvalue weighted by Gasteiger charge is -2.42. The molecule has 6 amide bonds. The van der Waals surface area contributed by atoms with Gasteiger partial charge >= 0.3 is 18.0 Å². The van der Waals surface area contributed by atoms with E-state index in [2.05, 4.69) is 15.8 Å². The molecule has 0 aromatic heterocycles. The summed E-state index contributed by atoms with van der Waals surface area (Å²) in [7, 11) is 8.71. The highest BCUT2D eigenvalue weighted by molar-refractivity contribution is 8.77. The molecule has 26 heteroatoms. The Morgan fingerprint density at radius 1 is 1.05 bits per heavy atom. The number of methoxy groups -OCH3 is 2. The Bertz CT molecular complexity index is 2960. The number of aryl methyl sites for hydroxylation is 1. The Morgan fingerprint density at radius 3 is 2.48 bits per heavy atom. The van der Waals surface area contributed by atoms with E-state index < -0.39 is 88.2 Å². The zero-order valence-corrected chi connectivity index (χ0v) is 51.3. The van der Waals surface area contributed by atoms with Gasteiger partial charge in [-0.1, -0.05) is 63.9 Å². The monoisotopic (exact) mass is 1230 g/mol. The number of epoxide rings is 1. The summed E-state index contributed by atoms with van der Waals surface area (Å²) in [6, 6.07) is 5.64. The van der Waals surface area contributed by atoms with Crippen LogP contribution in [0.25, 0.3) is 0 Å². The number of phenolic OH excluding ortho intramolecular Hbond substituents is 1. The van der Waals surface area contributed by atoms with Crippen LogP contribution in [0.15, 0.2) is 53.2 Å². The van der Waals surface area contributed by atoms with E-state index in [1.54, 1.807) is 51.2 Å². The lowest BCUT2D eigenvalue weighted by atomic mass is 9.83. The number of hydrazone groups is 1. The highest BCUT2D eigenvalue weighted by Crippen LogP contribution is 2.49. The Labute approximate surface area is 501 Å². The van der Waals surface area contributed by atoms with Gasteiger partial charge in [-0.25, -0.2) is 19.8 Å². The Hall–Kier alpha value is -6.38. The van der Waals surface area contributed by atoms with Gasteiger partial charge in [0.25, 0.3) is 11.8 Å². The van der Waals surface area contributed by atoms with Crippen LogP contribution in [0.2, 0.25) is 5.02 Å². The first kappa shape index (κ1) is 65.2. The van der Waals surface area contributed by atoms with Crippen LogP contribution in [0, 0.1) is 5.92 Å². The fourth-order valence-corrected chi connectivity index (χ4v) is 13.3. The van der Waals surface area contributed by atoms with Crippen LogP contribution >= 0.6 is 33.2 Å². The molecular formula is C58H75ClN6O17S2. The number of benzene rings is 2.